The van der Waals surface area contributed by atoms with Gasteiger partial charge in [0.05, 0.1) is 11.1 Å². The van der Waals surface area contributed by atoms with Crippen molar-refractivity contribution in [2.75, 3.05) is 6.61 Å². The van der Waals surface area contributed by atoms with E-state index < -0.39 is 0 Å². The lowest BCUT2D eigenvalue weighted by molar-refractivity contribution is 0.283. The number of rotatable bonds is 6. The van der Waals surface area contributed by atoms with Crippen LogP contribution in [0.1, 0.15) is 46.6 Å². The van der Waals surface area contributed by atoms with Crippen LogP contribution in [0, 0.1) is 5.92 Å². The van der Waals surface area contributed by atoms with Gasteiger partial charge in [0.25, 0.3) is 0 Å². The number of nitrogens with one attached hydrogen (secondary N) is 1. The minimum absolute atomic E-state index is 0.109. The molecule has 0 saturated heterocycles. The lowest BCUT2D eigenvalue weighted by Gasteiger charge is -2.22. The van der Waals surface area contributed by atoms with Crippen LogP contribution in [-0.4, -0.2) is 12.1 Å². The largest absolute Gasteiger partial charge is 0.492 e. The molecule has 1 N–H and O–H groups in total. The van der Waals surface area contributed by atoms with Gasteiger partial charge in [-0.3, -0.25) is 0 Å². The van der Waals surface area contributed by atoms with Gasteiger partial charge in [-0.05, 0) is 55.1 Å². The number of benzene rings is 1. The van der Waals surface area contributed by atoms with Crippen molar-refractivity contribution in [1.29, 1.82) is 0 Å². The molecule has 0 saturated carbocycles. The molecule has 0 aromatic heterocycles. The van der Waals surface area contributed by atoms with Gasteiger partial charge in [-0.1, -0.05) is 26.0 Å². The molecule has 0 aliphatic carbocycles. The molecule has 0 amide bonds. The van der Waals surface area contributed by atoms with E-state index in [2.05, 4.69) is 68.0 Å². The third-order valence-corrected chi connectivity index (χ3v) is 3.42. The van der Waals surface area contributed by atoms with Gasteiger partial charge in [0.15, 0.2) is 0 Å². The average Bonchev–Trinajstić information content (AvgIpc) is 2.27. The van der Waals surface area contributed by atoms with Gasteiger partial charge in [-0.2, -0.15) is 0 Å². The first-order chi connectivity index (χ1) is 8.79. The maximum absolute atomic E-state index is 5.96. The van der Waals surface area contributed by atoms with Crippen LogP contribution in [0.4, 0.5) is 0 Å². The molecule has 0 heterocycles. The smallest absolute Gasteiger partial charge is 0.137 e. The maximum atomic E-state index is 5.96. The van der Waals surface area contributed by atoms with E-state index in [9.17, 15) is 0 Å². The molecule has 0 aliphatic rings. The molecule has 2 nitrogen and oxygen atoms in total. The Labute approximate surface area is 126 Å². The third-order valence-electron chi connectivity index (χ3n) is 2.80. The zero-order valence-corrected chi connectivity index (χ0v) is 14.3. The van der Waals surface area contributed by atoms with E-state index in [1.54, 1.807) is 0 Å². The molecular weight excluding hydrogens is 302 g/mol. The van der Waals surface area contributed by atoms with E-state index in [0.29, 0.717) is 5.92 Å². The normalized spacial score (nSPS) is 11.9. The fraction of sp³-hybridized carbons (Fsp3) is 0.625. The Hall–Kier alpha value is -0.540. The molecule has 0 spiro atoms. The van der Waals surface area contributed by atoms with Gasteiger partial charge in [0, 0.05) is 17.6 Å². The third kappa shape index (κ3) is 6.44. The molecule has 108 valence electrons. The zero-order valence-electron chi connectivity index (χ0n) is 12.7. The highest BCUT2D eigenvalue weighted by Crippen LogP contribution is 2.29. The monoisotopic (exact) mass is 327 g/mol. The van der Waals surface area contributed by atoms with Crippen LogP contribution in [0.2, 0.25) is 0 Å². The van der Waals surface area contributed by atoms with Crippen molar-refractivity contribution < 1.29 is 4.74 Å². The van der Waals surface area contributed by atoms with Gasteiger partial charge in [0.2, 0.25) is 0 Å². The summed E-state index contributed by atoms with van der Waals surface area (Å²) >= 11 is 3.58. The van der Waals surface area contributed by atoms with Crippen molar-refractivity contribution in [3.8, 4) is 5.75 Å². The number of hydrogen-bond acceptors (Lipinski definition) is 2. The van der Waals surface area contributed by atoms with E-state index in [4.69, 9.17) is 4.74 Å². The summed E-state index contributed by atoms with van der Waals surface area (Å²) in [5.41, 5.74) is 1.31. The summed E-state index contributed by atoms with van der Waals surface area (Å²) in [6, 6.07) is 6.21. The minimum Gasteiger partial charge on any atom is -0.492 e. The highest BCUT2D eigenvalue weighted by atomic mass is 79.9. The summed E-state index contributed by atoms with van der Waals surface area (Å²) in [6.45, 7) is 12.5. The van der Waals surface area contributed by atoms with E-state index in [1.165, 1.54) is 5.56 Å². The topological polar surface area (TPSA) is 21.3 Å². The summed E-state index contributed by atoms with van der Waals surface area (Å²) in [5.74, 6) is 1.64. The van der Waals surface area contributed by atoms with Crippen LogP contribution in [0.3, 0.4) is 0 Å². The minimum atomic E-state index is 0.109. The molecule has 0 atom stereocenters. The molecule has 0 unspecified atom stereocenters. The van der Waals surface area contributed by atoms with E-state index >= 15 is 0 Å². The average molecular weight is 328 g/mol. The lowest BCUT2D eigenvalue weighted by Crippen LogP contribution is -2.35. The second-order valence-corrected chi connectivity index (χ2v) is 7.22. The second kappa shape index (κ2) is 7.30. The predicted octanol–water partition coefficient (Wildman–Crippen LogP) is 4.76. The molecule has 0 fully saturated rings. The standard InChI is InChI=1S/C16H26BrNO/c1-12(2)9-10-19-15-13(7-6-8-14(15)17)11-18-16(3,4)5/h6-8,12,18H,9-11H2,1-5H3. The number of halogens is 1. The molecular formula is C16H26BrNO. The van der Waals surface area contributed by atoms with Gasteiger partial charge in [-0.15, -0.1) is 0 Å². The van der Waals surface area contributed by atoms with Gasteiger partial charge < -0.3 is 10.1 Å². The summed E-state index contributed by atoms with van der Waals surface area (Å²) < 4.78 is 6.99. The van der Waals surface area contributed by atoms with E-state index in [1.807, 2.05) is 6.07 Å². The Bertz CT molecular complexity index is 396. The van der Waals surface area contributed by atoms with Crippen molar-refractivity contribution >= 4 is 15.9 Å². The Kier molecular flexibility index (Phi) is 6.34. The van der Waals surface area contributed by atoms with Crippen molar-refractivity contribution in [3.63, 3.8) is 0 Å². The van der Waals surface area contributed by atoms with Gasteiger partial charge in [0.1, 0.15) is 5.75 Å². The zero-order chi connectivity index (χ0) is 14.5. The highest BCUT2D eigenvalue weighted by Gasteiger charge is 2.13. The Morgan fingerprint density at radius 3 is 2.53 bits per heavy atom. The Balaban J connectivity index is 2.71. The van der Waals surface area contributed by atoms with Crippen LogP contribution < -0.4 is 10.1 Å². The summed E-state index contributed by atoms with van der Waals surface area (Å²) in [4.78, 5) is 0. The summed E-state index contributed by atoms with van der Waals surface area (Å²) in [7, 11) is 0. The molecule has 0 bridgehead atoms. The van der Waals surface area contributed by atoms with E-state index in [-0.39, 0.29) is 5.54 Å². The van der Waals surface area contributed by atoms with Gasteiger partial charge >= 0.3 is 0 Å². The molecule has 0 radical (unpaired) electrons. The fourth-order valence-corrected chi connectivity index (χ4v) is 2.13. The molecule has 1 aromatic carbocycles. The van der Waals surface area contributed by atoms with Crippen molar-refractivity contribution in [3.05, 3.63) is 28.2 Å². The van der Waals surface area contributed by atoms with Crippen LogP contribution in [-0.2, 0) is 6.54 Å². The first kappa shape index (κ1) is 16.5. The number of para-hydroxylation sites is 1. The highest BCUT2D eigenvalue weighted by molar-refractivity contribution is 9.10. The summed E-state index contributed by atoms with van der Waals surface area (Å²) in [5, 5.41) is 3.50. The maximum Gasteiger partial charge on any atom is 0.137 e. The van der Waals surface area contributed by atoms with Gasteiger partial charge in [-0.25, -0.2) is 0 Å². The van der Waals surface area contributed by atoms with Crippen molar-refractivity contribution in [2.45, 2.75) is 53.1 Å². The first-order valence-corrected chi connectivity index (χ1v) is 7.74. The van der Waals surface area contributed by atoms with Crippen molar-refractivity contribution in [2.24, 2.45) is 5.92 Å². The van der Waals surface area contributed by atoms with E-state index in [0.717, 1.165) is 29.8 Å². The van der Waals surface area contributed by atoms with Crippen LogP contribution >= 0.6 is 15.9 Å². The number of ether oxygens (including phenoxy) is 1. The van der Waals surface area contributed by atoms with Crippen LogP contribution in [0.25, 0.3) is 0 Å². The molecule has 1 aromatic rings. The summed E-state index contributed by atoms with van der Waals surface area (Å²) in [6.07, 6.45) is 1.08. The first-order valence-electron chi connectivity index (χ1n) is 6.95. The fourth-order valence-electron chi connectivity index (χ4n) is 1.61. The second-order valence-electron chi connectivity index (χ2n) is 6.36. The Morgan fingerprint density at radius 1 is 1.26 bits per heavy atom. The Morgan fingerprint density at radius 2 is 1.95 bits per heavy atom. The SMILES string of the molecule is CC(C)CCOc1c(Br)cccc1CNC(C)(C)C. The molecule has 1 rings (SSSR count). The molecule has 3 heteroatoms. The quantitative estimate of drug-likeness (QED) is 0.813. The molecule has 19 heavy (non-hydrogen) atoms. The van der Waals surface area contributed by atoms with Crippen molar-refractivity contribution in [1.82, 2.24) is 5.32 Å². The number of hydrogen-bond donors (Lipinski definition) is 1. The van der Waals surface area contributed by atoms with Crippen LogP contribution in [0.5, 0.6) is 5.75 Å². The lowest BCUT2D eigenvalue weighted by atomic mass is 10.1. The molecule has 0 aliphatic heterocycles. The van der Waals surface area contributed by atoms with Crippen LogP contribution in [0.15, 0.2) is 22.7 Å². The predicted molar refractivity (Wildman–Crippen MR) is 85.7 cm³/mol.